The van der Waals surface area contributed by atoms with Crippen LogP contribution in [0.1, 0.15) is 36.9 Å². The highest BCUT2D eigenvalue weighted by Gasteiger charge is 2.52. The van der Waals surface area contributed by atoms with Gasteiger partial charge in [-0.15, -0.1) is 8.78 Å². The highest BCUT2D eigenvalue weighted by atomic mass is 32.2. The van der Waals surface area contributed by atoms with Gasteiger partial charge in [-0.25, -0.2) is 8.42 Å². The summed E-state index contributed by atoms with van der Waals surface area (Å²) in [5, 5.41) is 9.53. The lowest BCUT2D eigenvalue weighted by Gasteiger charge is -2.22. The van der Waals surface area contributed by atoms with E-state index in [4.69, 9.17) is 0 Å². The molecule has 2 aromatic carbocycles. The summed E-state index contributed by atoms with van der Waals surface area (Å²) in [7, 11) is -3.72. The number of alkyl halides is 2. The molecule has 2 aliphatic heterocycles. The van der Waals surface area contributed by atoms with Crippen molar-refractivity contribution in [2.75, 3.05) is 13.2 Å². The van der Waals surface area contributed by atoms with Gasteiger partial charge in [0, 0.05) is 30.3 Å². The van der Waals surface area contributed by atoms with E-state index in [1.165, 1.54) is 28.6 Å². The van der Waals surface area contributed by atoms with Gasteiger partial charge in [0.2, 0.25) is 10.0 Å². The number of ketones is 1. The fourth-order valence-electron chi connectivity index (χ4n) is 5.41. The van der Waals surface area contributed by atoms with E-state index < -0.39 is 27.8 Å². The second-order valence-corrected chi connectivity index (χ2v) is 12.0. The fourth-order valence-corrected chi connectivity index (χ4v) is 7.10. The third kappa shape index (κ3) is 4.68. The molecule has 0 radical (unpaired) electrons. The Morgan fingerprint density at radius 2 is 1.79 bits per heavy atom. The van der Waals surface area contributed by atoms with E-state index in [2.05, 4.69) is 14.5 Å². The van der Waals surface area contributed by atoms with Gasteiger partial charge in [0.15, 0.2) is 11.5 Å². The van der Waals surface area contributed by atoms with E-state index in [0.717, 1.165) is 0 Å². The molecule has 1 N–H and O–H groups in total. The van der Waals surface area contributed by atoms with Crippen molar-refractivity contribution >= 4 is 15.8 Å². The maximum Gasteiger partial charge on any atom is 0.586 e. The molecule has 2 fully saturated rings. The molecule has 1 saturated heterocycles. The summed E-state index contributed by atoms with van der Waals surface area (Å²) in [5.41, 5.74) is 1.68. The third-order valence-electron chi connectivity index (χ3n) is 7.68. The van der Waals surface area contributed by atoms with E-state index in [9.17, 15) is 27.1 Å². The molecular formula is C28H26F2N2O6S. The van der Waals surface area contributed by atoms with Crippen LogP contribution in [0.3, 0.4) is 0 Å². The Bertz CT molecular complexity index is 1540. The molecule has 3 aromatic rings. The molecule has 8 nitrogen and oxygen atoms in total. The van der Waals surface area contributed by atoms with Crippen LogP contribution in [0.4, 0.5) is 8.78 Å². The molecule has 6 rings (SSSR count). The van der Waals surface area contributed by atoms with Gasteiger partial charge in [-0.05, 0) is 67.6 Å². The number of carbonyl (C=O) groups is 1. The molecule has 1 aliphatic carbocycles. The van der Waals surface area contributed by atoms with Gasteiger partial charge in [-0.1, -0.05) is 24.3 Å². The van der Waals surface area contributed by atoms with Crippen molar-refractivity contribution in [2.45, 2.75) is 54.8 Å². The summed E-state index contributed by atoms with van der Waals surface area (Å²) in [6.07, 6.45) is -1.11. The maximum absolute atomic E-state index is 13.4. The predicted octanol–water partition coefficient (Wildman–Crippen LogP) is 4.06. The summed E-state index contributed by atoms with van der Waals surface area (Å²) >= 11 is 0. The molecule has 204 valence electrons. The zero-order valence-electron chi connectivity index (χ0n) is 20.8. The number of hydrogen-bond donors (Lipinski definition) is 1. The highest BCUT2D eigenvalue weighted by molar-refractivity contribution is 7.89. The Kier molecular flexibility index (Phi) is 6.20. The van der Waals surface area contributed by atoms with E-state index in [1.807, 2.05) is 0 Å². The van der Waals surface area contributed by atoms with Crippen LogP contribution in [-0.4, -0.2) is 54.1 Å². The second-order valence-electron chi connectivity index (χ2n) is 10.1. The van der Waals surface area contributed by atoms with E-state index in [1.54, 1.807) is 36.4 Å². The lowest BCUT2D eigenvalue weighted by Crippen LogP contribution is -2.37. The normalized spacial score (nSPS) is 21.2. The molecule has 11 heteroatoms. The largest absolute Gasteiger partial charge is 0.586 e. The molecule has 39 heavy (non-hydrogen) atoms. The van der Waals surface area contributed by atoms with Crippen LogP contribution in [0.25, 0.3) is 11.3 Å². The predicted molar refractivity (Wildman–Crippen MR) is 136 cm³/mol. The molecule has 1 aromatic heterocycles. The number of aromatic nitrogens is 1. The number of carbonyl (C=O) groups excluding carboxylic acids is 1. The molecule has 0 bridgehead atoms. The number of aliphatic hydroxyl groups is 1. The quantitative estimate of drug-likeness (QED) is 0.446. The van der Waals surface area contributed by atoms with Gasteiger partial charge in [-0.3, -0.25) is 9.78 Å². The van der Waals surface area contributed by atoms with E-state index >= 15 is 0 Å². The number of hydrogen-bond acceptors (Lipinski definition) is 7. The van der Waals surface area contributed by atoms with Gasteiger partial charge < -0.3 is 14.6 Å². The van der Waals surface area contributed by atoms with Crippen molar-refractivity contribution < 1.29 is 36.6 Å². The standard InChI is InChI=1S/C28H26F2N2O6S/c29-28(30)37-24-11-8-19(15-25(24)38-28)27(12-13-27)26(34)16-20-3-1-5-23(31-20)18-6-9-22(10-7-18)39(35,36)32-14-2-4-21(32)17-33/h1,3,5-11,15,21,33H,2,4,12-14,16-17H2/t21-/m1/s1. The summed E-state index contributed by atoms with van der Waals surface area (Å²) < 4.78 is 63.3. The first kappa shape index (κ1) is 25.8. The Hall–Kier alpha value is -3.41. The van der Waals surface area contributed by atoms with Crippen molar-refractivity contribution in [2.24, 2.45) is 0 Å². The van der Waals surface area contributed by atoms with Crippen LogP contribution in [0.5, 0.6) is 11.5 Å². The van der Waals surface area contributed by atoms with E-state index in [0.29, 0.717) is 54.7 Å². The lowest BCUT2D eigenvalue weighted by molar-refractivity contribution is -0.286. The zero-order valence-corrected chi connectivity index (χ0v) is 21.7. The Morgan fingerprint density at radius 1 is 1.05 bits per heavy atom. The number of halogens is 2. The summed E-state index contributed by atoms with van der Waals surface area (Å²) in [6.45, 7) is 0.172. The lowest BCUT2D eigenvalue weighted by atomic mass is 9.88. The fraction of sp³-hybridized carbons (Fsp3) is 0.357. The number of sulfonamides is 1. The average Bonchev–Trinajstić information content (AvgIpc) is 3.47. The number of fused-ring (bicyclic) bond motifs is 1. The molecule has 0 spiro atoms. The van der Waals surface area contributed by atoms with Crippen molar-refractivity contribution in [3.05, 3.63) is 71.9 Å². The smallest absolute Gasteiger partial charge is 0.395 e. The summed E-state index contributed by atoms with van der Waals surface area (Å²) in [5.74, 6) is -0.212. The van der Waals surface area contributed by atoms with Crippen molar-refractivity contribution in [3.63, 3.8) is 0 Å². The molecular weight excluding hydrogens is 530 g/mol. The van der Waals surface area contributed by atoms with Crippen LogP contribution in [-0.2, 0) is 26.7 Å². The van der Waals surface area contributed by atoms with Crippen molar-refractivity contribution in [3.8, 4) is 22.8 Å². The topological polar surface area (TPSA) is 106 Å². The molecule has 1 saturated carbocycles. The minimum Gasteiger partial charge on any atom is -0.395 e. The first-order valence-electron chi connectivity index (χ1n) is 12.7. The molecule has 0 amide bonds. The number of benzene rings is 2. The monoisotopic (exact) mass is 556 g/mol. The SMILES string of the molecule is O=C(Cc1cccc(-c2ccc(S(=O)(=O)N3CCC[C@@H]3CO)cc2)n1)C1(c2ccc3c(c2)OC(F)(F)O3)CC1. The minimum absolute atomic E-state index is 0.0579. The minimum atomic E-state index is -3.72. The maximum atomic E-state index is 13.4. The number of nitrogens with zero attached hydrogens (tertiary/aromatic N) is 2. The van der Waals surface area contributed by atoms with Crippen LogP contribution in [0.15, 0.2) is 65.6 Å². The van der Waals surface area contributed by atoms with Crippen molar-refractivity contribution in [1.82, 2.24) is 9.29 Å². The van der Waals surface area contributed by atoms with E-state index in [-0.39, 0.29) is 35.2 Å². The number of aliphatic hydroxyl groups excluding tert-OH is 1. The Labute approximate surface area is 224 Å². The zero-order chi connectivity index (χ0) is 27.4. The molecule has 3 heterocycles. The van der Waals surface area contributed by atoms with Gasteiger partial charge in [0.25, 0.3) is 0 Å². The molecule has 0 unspecified atom stereocenters. The van der Waals surface area contributed by atoms with Crippen LogP contribution in [0, 0.1) is 0 Å². The van der Waals surface area contributed by atoms with Crippen LogP contribution in [0.2, 0.25) is 0 Å². The Morgan fingerprint density at radius 3 is 2.51 bits per heavy atom. The number of Topliss-reactive ketones (excluding diaryl/α,β-unsaturated/α-hetero) is 1. The first-order chi connectivity index (χ1) is 18.6. The first-order valence-corrected chi connectivity index (χ1v) is 14.2. The highest BCUT2D eigenvalue weighted by Crippen LogP contribution is 2.52. The summed E-state index contributed by atoms with van der Waals surface area (Å²) in [4.78, 5) is 18.1. The number of ether oxygens (including phenoxy) is 2. The average molecular weight is 557 g/mol. The molecule has 1 atom stereocenters. The van der Waals surface area contributed by atoms with Crippen molar-refractivity contribution in [1.29, 1.82) is 0 Å². The van der Waals surface area contributed by atoms with Crippen LogP contribution >= 0.6 is 0 Å². The van der Waals surface area contributed by atoms with Gasteiger partial charge in [-0.2, -0.15) is 4.31 Å². The van der Waals surface area contributed by atoms with Crippen LogP contribution < -0.4 is 9.47 Å². The van der Waals surface area contributed by atoms with Gasteiger partial charge >= 0.3 is 6.29 Å². The molecule has 3 aliphatic rings. The third-order valence-corrected chi connectivity index (χ3v) is 9.64. The summed E-state index contributed by atoms with van der Waals surface area (Å²) in [6, 6.07) is 15.8. The Balaban J connectivity index is 1.18. The number of rotatable bonds is 8. The second kappa shape index (κ2) is 9.35. The van der Waals surface area contributed by atoms with Gasteiger partial charge in [0.05, 0.1) is 22.6 Å². The number of pyridine rings is 1. The van der Waals surface area contributed by atoms with Gasteiger partial charge in [0.1, 0.15) is 5.78 Å².